The van der Waals surface area contributed by atoms with Crippen LogP contribution in [-0.2, 0) is 0 Å². The summed E-state index contributed by atoms with van der Waals surface area (Å²) in [4.78, 5) is 4.79. The first kappa shape index (κ1) is 13.3. The molecule has 3 rings (SSSR count). The van der Waals surface area contributed by atoms with E-state index in [1.54, 1.807) is 0 Å². The van der Waals surface area contributed by atoms with Crippen molar-refractivity contribution in [3.63, 3.8) is 0 Å². The number of fused-ring (bicyclic) bond motifs is 1. The molecule has 0 saturated heterocycles. The second kappa shape index (κ2) is 6.20. The molecular weight excluding hydrogens is 258 g/mol. The van der Waals surface area contributed by atoms with E-state index in [4.69, 9.17) is 4.99 Å². The highest BCUT2D eigenvalue weighted by Gasteiger charge is 2.04. The molecule has 0 aromatic heterocycles. The van der Waals surface area contributed by atoms with Crippen LogP contribution in [0.1, 0.15) is 5.56 Å². The lowest BCUT2D eigenvalue weighted by Gasteiger charge is -2.10. The van der Waals surface area contributed by atoms with Gasteiger partial charge in [0.2, 0.25) is 0 Å². The molecule has 0 aliphatic rings. The van der Waals surface area contributed by atoms with E-state index in [-0.39, 0.29) is 0 Å². The van der Waals surface area contributed by atoms with Gasteiger partial charge >= 0.3 is 0 Å². The standard InChI is InChI=1S/C18H17N3/c1-19-21-18(15-9-3-2-4-10-15)20-17-13-7-11-14-8-5-6-12-16(14)17/h2-13,19H,1H3,(H,20,21). The Morgan fingerprint density at radius 1 is 0.810 bits per heavy atom. The Hall–Kier alpha value is -2.65. The fourth-order valence-electron chi connectivity index (χ4n) is 2.31. The summed E-state index contributed by atoms with van der Waals surface area (Å²) in [5.74, 6) is 0.800. The first-order chi connectivity index (χ1) is 10.4. The molecule has 3 aromatic rings. The summed E-state index contributed by atoms with van der Waals surface area (Å²) in [6.07, 6.45) is 0. The molecule has 0 unspecified atom stereocenters. The zero-order chi connectivity index (χ0) is 14.5. The Morgan fingerprint density at radius 3 is 2.33 bits per heavy atom. The quantitative estimate of drug-likeness (QED) is 0.435. The number of amidine groups is 1. The van der Waals surface area contributed by atoms with Crippen molar-refractivity contribution in [1.82, 2.24) is 10.9 Å². The van der Waals surface area contributed by atoms with Gasteiger partial charge in [0.1, 0.15) is 5.84 Å². The second-order valence-corrected chi connectivity index (χ2v) is 4.70. The van der Waals surface area contributed by atoms with E-state index >= 15 is 0 Å². The van der Waals surface area contributed by atoms with E-state index in [1.807, 2.05) is 61.6 Å². The normalized spacial score (nSPS) is 11.6. The van der Waals surface area contributed by atoms with Gasteiger partial charge in [0.05, 0.1) is 5.69 Å². The maximum atomic E-state index is 4.79. The number of hydrogen-bond acceptors (Lipinski definition) is 2. The second-order valence-electron chi connectivity index (χ2n) is 4.70. The molecule has 3 aromatic carbocycles. The van der Waals surface area contributed by atoms with E-state index in [0.29, 0.717) is 0 Å². The maximum Gasteiger partial charge on any atom is 0.148 e. The van der Waals surface area contributed by atoms with Gasteiger partial charge in [-0.1, -0.05) is 66.7 Å². The molecule has 0 fully saturated rings. The van der Waals surface area contributed by atoms with Crippen LogP contribution < -0.4 is 10.9 Å². The number of benzene rings is 3. The van der Waals surface area contributed by atoms with Crippen LogP contribution in [0.3, 0.4) is 0 Å². The summed E-state index contributed by atoms with van der Waals surface area (Å²) < 4.78 is 0. The molecule has 0 atom stereocenters. The Kier molecular flexibility index (Phi) is 3.94. The molecule has 0 amide bonds. The molecule has 3 heteroatoms. The summed E-state index contributed by atoms with van der Waals surface area (Å²) in [5, 5.41) is 2.34. The number of rotatable bonds is 3. The van der Waals surface area contributed by atoms with Crippen LogP contribution in [0.15, 0.2) is 77.8 Å². The van der Waals surface area contributed by atoms with Gasteiger partial charge in [-0.2, -0.15) is 0 Å². The van der Waals surface area contributed by atoms with Crippen molar-refractivity contribution >= 4 is 22.3 Å². The minimum absolute atomic E-state index is 0.800. The number of hydrazine groups is 1. The van der Waals surface area contributed by atoms with Crippen LogP contribution in [0.2, 0.25) is 0 Å². The number of nitrogens with one attached hydrogen (secondary N) is 2. The van der Waals surface area contributed by atoms with Crippen molar-refractivity contribution in [3.8, 4) is 0 Å². The Bertz CT molecular complexity index is 758. The molecule has 0 bridgehead atoms. The Morgan fingerprint density at radius 2 is 1.52 bits per heavy atom. The van der Waals surface area contributed by atoms with E-state index in [9.17, 15) is 0 Å². The summed E-state index contributed by atoms with van der Waals surface area (Å²) in [7, 11) is 1.83. The fourth-order valence-corrected chi connectivity index (χ4v) is 2.31. The molecule has 0 radical (unpaired) electrons. The van der Waals surface area contributed by atoms with Crippen molar-refractivity contribution in [2.45, 2.75) is 0 Å². The largest absolute Gasteiger partial charge is 0.306 e. The third kappa shape index (κ3) is 2.93. The molecule has 2 N–H and O–H groups in total. The summed E-state index contributed by atoms with van der Waals surface area (Å²) in [6, 6.07) is 24.5. The van der Waals surface area contributed by atoms with Crippen LogP contribution in [0.25, 0.3) is 10.8 Å². The summed E-state index contributed by atoms with van der Waals surface area (Å²) in [6.45, 7) is 0. The van der Waals surface area contributed by atoms with Gasteiger partial charge in [-0.05, 0) is 11.5 Å². The molecule has 0 spiro atoms. The lowest BCUT2D eigenvalue weighted by molar-refractivity contribution is 0.769. The molecule has 0 aliphatic heterocycles. The highest BCUT2D eigenvalue weighted by Crippen LogP contribution is 2.26. The third-order valence-electron chi connectivity index (χ3n) is 3.29. The minimum atomic E-state index is 0.800. The van der Waals surface area contributed by atoms with Gasteiger partial charge in [-0.3, -0.25) is 0 Å². The molecule has 0 heterocycles. The molecule has 104 valence electrons. The van der Waals surface area contributed by atoms with Crippen LogP contribution in [-0.4, -0.2) is 12.9 Å². The van der Waals surface area contributed by atoms with Gasteiger partial charge < -0.3 is 5.43 Å². The molecule has 0 aliphatic carbocycles. The predicted molar refractivity (Wildman–Crippen MR) is 88.8 cm³/mol. The monoisotopic (exact) mass is 275 g/mol. The smallest absolute Gasteiger partial charge is 0.148 e. The Balaban J connectivity index is 2.12. The topological polar surface area (TPSA) is 36.4 Å². The lowest BCUT2D eigenvalue weighted by atomic mass is 10.1. The maximum absolute atomic E-state index is 4.79. The third-order valence-corrected chi connectivity index (χ3v) is 3.29. The SMILES string of the molecule is CNNC(=Nc1cccc2ccccc12)c1ccccc1. The molecular formula is C18H17N3. The first-order valence-electron chi connectivity index (χ1n) is 6.93. The van der Waals surface area contributed by atoms with Crippen molar-refractivity contribution in [2.24, 2.45) is 4.99 Å². The lowest BCUT2D eigenvalue weighted by Crippen LogP contribution is -2.34. The molecule has 21 heavy (non-hydrogen) atoms. The fraction of sp³-hybridized carbons (Fsp3) is 0.0556. The van der Waals surface area contributed by atoms with E-state index in [0.717, 1.165) is 22.5 Å². The zero-order valence-electron chi connectivity index (χ0n) is 11.9. The van der Waals surface area contributed by atoms with Crippen molar-refractivity contribution < 1.29 is 0 Å². The van der Waals surface area contributed by atoms with E-state index in [2.05, 4.69) is 29.1 Å². The zero-order valence-corrected chi connectivity index (χ0v) is 11.9. The van der Waals surface area contributed by atoms with Gasteiger partial charge in [-0.25, -0.2) is 10.4 Å². The van der Waals surface area contributed by atoms with Crippen molar-refractivity contribution in [1.29, 1.82) is 0 Å². The predicted octanol–water partition coefficient (Wildman–Crippen LogP) is 3.64. The van der Waals surface area contributed by atoms with E-state index in [1.165, 1.54) is 5.39 Å². The Labute approximate surface area is 124 Å². The summed E-state index contributed by atoms with van der Waals surface area (Å²) >= 11 is 0. The van der Waals surface area contributed by atoms with Crippen LogP contribution >= 0.6 is 0 Å². The van der Waals surface area contributed by atoms with Crippen LogP contribution in [0.5, 0.6) is 0 Å². The first-order valence-corrected chi connectivity index (χ1v) is 6.93. The van der Waals surface area contributed by atoms with Gasteiger partial charge in [0, 0.05) is 18.0 Å². The van der Waals surface area contributed by atoms with Crippen molar-refractivity contribution in [2.75, 3.05) is 7.05 Å². The highest BCUT2D eigenvalue weighted by atomic mass is 15.4. The van der Waals surface area contributed by atoms with Crippen molar-refractivity contribution in [3.05, 3.63) is 78.4 Å². The van der Waals surface area contributed by atoms with Crippen LogP contribution in [0.4, 0.5) is 5.69 Å². The number of nitrogens with zero attached hydrogens (tertiary/aromatic N) is 1. The van der Waals surface area contributed by atoms with Gasteiger partial charge in [0.15, 0.2) is 0 Å². The van der Waals surface area contributed by atoms with Gasteiger partial charge in [0.25, 0.3) is 0 Å². The van der Waals surface area contributed by atoms with E-state index < -0.39 is 0 Å². The summed E-state index contributed by atoms with van der Waals surface area (Å²) in [5.41, 5.74) is 8.06. The molecule has 3 nitrogen and oxygen atoms in total. The average molecular weight is 275 g/mol. The van der Waals surface area contributed by atoms with Crippen LogP contribution in [0, 0.1) is 0 Å². The number of aliphatic imine (C=N–C) groups is 1. The highest BCUT2D eigenvalue weighted by molar-refractivity contribution is 6.03. The minimum Gasteiger partial charge on any atom is -0.306 e. The average Bonchev–Trinajstić information content (AvgIpc) is 2.55. The number of hydrogen-bond donors (Lipinski definition) is 2. The van der Waals surface area contributed by atoms with Gasteiger partial charge in [-0.15, -0.1) is 0 Å². The molecule has 0 saturated carbocycles.